The first kappa shape index (κ1) is 13.5. The van der Waals surface area contributed by atoms with E-state index in [4.69, 9.17) is 10.8 Å². The van der Waals surface area contributed by atoms with Crippen molar-refractivity contribution in [1.29, 1.82) is 0 Å². The van der Waals surface area contributed by atoms with Gasteiger partial charge in [0.2, 0.25) is 0 Å². The molecule has 1 atom stereocenters. The van der Waals surface area contributed by atoms with Gasteiger partial charge in [-0.15, -0.1) is 0 Å². The molecule has 3 N–H and O–H groups in total. The van der Waals surface area contributed by atoms with E-state index >= 15 is 0 Å². The smallest absolute Gasteiger partial charge is 0.416 e. The minimum atomic E-state index is -4.43. The maximum atomic E-state index is 12.6. The van der Waals surface area contributed by atoms with Crippen molar-refractivity contribution in [3.8, 4) is 0 Å². The predicted molar refractivity (Wildman–Crippen MR) is 55.4 cm³/mol. The molecule has 1 aromatic rings. The van der Waals surface area contributed by atoms with Crippen LogP contribution in [0.1, 0.15) is 17.5 Å². The van der Waals surface area contributed by atoms with Crippen molar-refractivity contribution in [2.24, 2.45) is 5.73 Å². The largest absolute Gasteiger partial charge is 0.480 e. The number of aliphatic carboxylic acids is 1. The van der Waals surface area contributed by atoms with E-state index < -0.39 is 23.8 Å². The van der Waals surface area contributed by atoms with E-state index in [1.54, 1.807) is 0 Å². The maximum absolute atomic E-state index is 12.6. The molecule has 1 aromatic carbocycles. The molecule has 0 aromatic heterocycles. The number of carbonyl (C=O) groups is 1. The Morgan fingerprint density at radius 3 is 2.47 bits per heavy atom. The summed E-state index contributed by atoms with van der Waals surface area (Å²) in [5, 5.41) is 8.54. The van der Waals surface area contributed by atoms with Crippen molar-refractivity contribution in [3.05, 3.63) is 35.4 Å². The lowest BCUT2D eigenvalue weighted by molar-refractivity contribution is -0.138. The first-order valence-electron chi connectivity index (χ1n) is 4.96. The molecule has 17 heavy (non-hydrogen) atoms. The van der Waals surface area contributed by atoms with E-state index in [2.05, 4.69) is 0 Å². The first-order chi connectivity index (χ1) is 7.82. The number of halogens is 3. The van der Waals surface area contributed by atoms with Gasteiger partial charge in [-0.1, -0.05) is 18.2 Å². The quantitative estimate of drug-likeness (QED) is 0.855. The minimum Gasteiger partial charge on any atom is -0.480 e. The van der Waals surface area contributed by atoms with Gasteiger partial charge in [0.25, 0.3) is 0 Å². The van der Waals surface area contributed by atoms with Crippen LogP contribution in [-0.4, -0.2) is 17.1 Å². The molecule has 6 heteroatoms. The Morgan fingerprint density at radius 2 is 1.94 bits per heavy atom. The summed E-state index contributed by atoms with van der Waals surface area (Å²) in [5.74, 6) is -1.21. The molecule has 0 spiro atoms. The van der Waals surface area contributed by atoms with Crippen LogP contribution in [0.4, 0.5) is 13.2 Å². The van der Waals surface area contributed by atoms with Gasteiger partial charge in [-0.2, -0.15) is 13.2 Å². The van der Waals surface area contributed by atoms with Crippen molar-refractivity contribution < 1.29 is 23.1 Å². The average molecular weight is 247 g/mol. The van der Waals surface area contributed by atoms with Gasteiger partial charge in [-0.25, -0.2) is 0 Å². The van der Waals surface area contributed by atoms with Gasteiger partial charge < -0.3 is 10.8 Å². The van der Waals surface area contributed by atoms with E-state index in [9.17, 15) is 18.0 Å². The molecule has 0 aliphatic rings. The highest BCUT2D eigenvalue weighted by Crippen LogP contribution is 2.32. The second-order valence-electron chi connectivity index (χ2n) is 3.64. The van der Waals surface area contributed by atoms with Crippen molar-refractivity contribution >= 4 is 5.97 Å². The Kier molecular flexibility index (Phi) is 4.11. The maximum Gasteiger partial charge on any atom is 0.416 e. The Hall–Kier alpha value is -1.56. The molecule has 3 nitrogen and oxygen atoms in total. The number of nitrogens with two attached hydrogens (primary N) is 1. The molecule has 0 amide bonds. The number of aryl methyl sites for hydroxylation is 1. The third-order valence-electron chi connectivity index (χ3n) is 2.36. The van der Waals surface area contributed by atoms with Gasteiger partial charge in [0, 0.05) is 0 Å². The summed E-state index contributed by atoms with van der Waals surface area (Å²) in [6.45, 7) is 0. The SMILES string of the molecule is N[C@@H](CCc1ccccc1C(F)(F)F)C(=O)O. The normalized spacial score (nSPS) is 13.4. The molecule has 0 aliphatic heterocycles. The second-order valence-corrected chi connectivity index (χ2v) is 3.64. The second kappa shape index (κ2) is 5.18. The van der Waals surface area contributed by atoms with Crippen molar-refractivity contribution in [1.82, 2.24) is 0 Å². The van der Waals surface area contributed by atoms with Crippen LogP contribution in [0, 0.1) is 0 Å². The molecule has 1 rings (SSSR count). The van der Waals surface area contributed by atoms with Crippen molar-refractivity contribution in [2.75, 3.05) is 0 Å². The van der Waals surface area contributed by atoms with Crippen LogP contribution in [0.15, 0.2) is 24.3 Å². The summed E-state index contributed by atoms with van der Waals surface area (Å²) >= 11 is 0. The van der Waals surface area contributed by atoms with E-state index in [0.29, 0.717) is 0 Å². The molecule has 0 bridgehead atoms. The van der Waals surface area contributed by atoms with Crippen LogP contribution in [0.5, 0.6) is 0 Å². The van der Waals surface area contributed by atoms with Crippen molar-refractivity contribution in [2.45, 2.75) is 25.1 Å². The molecule has 0 unspecified atom stereocenters. The zero-order chi connectivity index (χ0) is 13.1. The average Bonchev–Trinajstić information content (AvgIpc) is 2.24. The number of benzene rings is 1. The topological polar surface area (TPSA) is 63.3 Å². The number of rotatable bonds is 4. The van der Waals surface area contributed by atoms with Crippen LogP contribution >= 0.6 is 0 Å². The third-order valence-corrected chi connectivity index (χ3v) is 2.36. The Labute approximate surface area is 96.0 Å². The monoisotopic (exact) mass is 247 g/mol. The Balaban J connectivity index is 2.81. The lowest BCUT2D eigenvalue weighted by atomic mass is 10.00. The summed E-state index contributed by atoms with van der Waals surface area (Å²) in [6, 6.07) is 3.94. The zero-order valence-corrected chi connectivity index (χ0v) is 8.87. The molecular weight excluding hydrogens is 235 g/mol. The van der Waals surface area contributed by atoms with Gasteiger partial charge in [-0.05, 0) is 24.5 Å². The fourth-order valence-electron chi connectivity index (χ4n) is 1.45. The highest BCUT2D eigenvalue weighted by Gasteiger charge is 2.32. The van der Waals surface area contributed by atoms with Crippen LogP contribution in [0.3, 0.4) is 0 Å². The Morgan fingerprint density at radius 1 is 1.35 bits per heavy atom. The van der Waals surface area contributed by atoms with Gasteiger partial charge in [0.1, 0.15) is 6.04 Å². The first-order valence-corrected chi connectivity index (χ1v) is 4.96. The fraction of sp³-hybridized carbons (Fsp3) is 0.364. The minimum absolute atomic E-state index is 0.0108. The molecule has 0 fully saturated rings. The molecule has 0 heterocycles. The number of alkyl halides is 3. The fourth-order valence-corrected chi connectivity index (χ4v) is 1.45. The highest BCUT2D eigenvalue weighted by atomic mass is 19.4. The summed E-state index contributed by atoms with van der Waals surface area (Å²) < 4.78 is 37.8. The number of carboxylic acid groups (broad SMARTS) is 1. The zero-order valence-electron chi connectivity index (χ0n) is 8.87. The van der Waals surface area contributed by atoms with Crippen LogP contribution in [0.2, 0.25) is 0 Å². The van der Waals surface area contributed by atoms with E-state index in [-0.39, 0.29) is 18.4 Å². The highest BCUT2D eigenvalue weighted by molar-refractivity contribution is 5.73. The third kappa shape index (κ3) is 3.74. The van der Waals surface area contributed by atoms with Gasteiger partial charge in [0.05, 0.1) is 5.56 Å². The summed E-state index contributed by atoms with van der Waals surface area (Å²) in [5.41, 5.74) is 4.57. The molecule has 94 valence electrons. The lowest BCUT2D eigenvalue weighted by Gasteiger charge is -2.13. The standard InChI is InChI=1S/C11H12F3NO2/c12-11(13,14)8-4-2-1-3-7(8)5-6-9(15)10(16)17/h1-4,9H,5-6,15H2,(H,16,17)/t9-/m0/s1. The van der Waals surface area contributed by atoms with Gasteiger partial charge in [-0.3, -0.25) is 4.79 Å². The summed E-state index contributed by atoms with van der Waals surface area (Å²) in [4.78, 5) is 10.5. The number of hydrogen-bond donors (Lipinski definition) is 2. The van der Waals surface area contributed by atoms with Crippen LogP contribution in [-0.2, 0) is 17.4 Å². The molecular formula is C11H12F3NO2. The van der Waals surface area contributed by atoms with Crippen LogP contribution < -0.4 is 5.73 Å². The summed E-state index contributed by atoms with van der Waals surface area (Å²) in [7, 11) is 0. The Bertz CT molecular complexity index is 404. The van der Waals surface area contributed by atoms with E-state index in [1.165, 1.54) is 18.2 Å². The molecule has 0 radical (unpaired) electrons. The number of carboxylic acids is 1. The molecule has 0 aliphatic carbocycles. The summed E-state index contributed by atoms with van der Waals surface area (Å²) in [6.07, 6.45) is -4.46. The van der Waals surface area contributed by atoms with Crippen LogP contribution in [0.25, 0.3) is 0 Å². The number of hydrogen-bond acceptors (Lipinski definition) is 2. The van der Waals surface area contributed by atoms with Crippen molar-refractivity contribution in [3.63, 3.8) is 0 Å². The van der Waals surface area contributed by atoms with Gasteiger partial charge >= 0.3 is 12.1 Å². The lowest BCUT2D eigenvalue weighted by Crippen LogP contribution is -2.30. The van der Waals surface area contributed by atoms with E-state index in [1.807, 2.05) is 0 Å². The molecule has 0 saturated carbocycles. The van der Waals surface area contributed by atoms with Gasteiger partial charge in [0.15, 0.2) is 0 Å². The van der Waals surface area contributed by atoms with E-state index in [0.717, 1.165) is 6.07 Å². The molecule has 0 saturated heterocycles. The predicted octanol–water partition coefficient (Wildman–Crippen LogP) is 2.05.